The molecule has 0 radical (unpaired) electrons. The minimum atomic E-state index is -0.285. The third kappa shape index (κ3) is 2.82. The fourth-order valence-electron chi connectivity index (χ4n) is 1.60. The molecule has 2 aromatic rings. The molecule has 0 bridgehead atoms. The Labute approximate surface area is 104 Å². The van der Waals surface area contributed by atoms with Crippen molar-refractivity contribution in [1.29, 1.82) is 0 Å². The second kappa shape index (κ2) is 5.27. The molecule has 0 aliphatic heterocycles. The zero-order chi connectivity index (χ0) is 13.0. The summed E-state index contributed by atoms with van der Waals surface area (Å²) in [5.74, 6) is -0.202. The fourth-order valence-corrected chi connectivity index (χ4v) is 1.60. The summed E-state index contributed by atoms with van der Waals surface area (Å²) in [6.45, 7) is 0.409. The van der Waals surface area contributed by atoms with Crippen LogP contribution in [0, 0.1) is 0 Å². The molecule has 0 saturated carbocycles. The molecule has 0 saturated heterocycles. The summed E-state index contributed by atoms with van der Waals surface area (Å²) in [5, 5.41) is 0. The van der Waals surface area contributed by atoms with Crippen molar-refractivity contribution in [2.75, 3.05) is 7.05 Å². The highest BCUT2D eigenvalue weighted by molar-refractivity contribution is 5.93. The van der Waals surface area contributed by atoms with Gasteiger partial charge in [-0.1, -0.05) is 6.07 Å². The lowest BCUT2D eigenvalue weighted by Gasteiger charge is -2.16. The highest BCUT2D eigenvalue weighted by Gasteiger charge is 2.12. The van der Waals surface area contributed by atoms with Crippen LogP contribution in [0.1, 0.15) is 16.1 Å². The van der Waals surface area contributed by atoms with Crippen LogP contribution in [-0.2, 0) is 6.54 Å². The van der Waals surface area contributed by atoms with Gasteiger partial charge < -0.3 is 9.88 Å². The molecule has 0 fully saturated rings. The lowest BCUT2D eigenvalue weighted by molar-refractivity contribution is 0.0783. The Morgan fingerprint density at radius 1 is 1.39 bits per heavy atom. The molecular weight excluding hydrogens is 230 g/mol. The summed E-state index contributed by atoms with van der Waals surface area (Å²) >= 11 is 0. The van der Waals surface area contributed by atoms with E-state index in [1.807, 2.05) is 18.2 Å². The first-order chi connectivity index (χ1) is 8.66. The number of hydrogen-bond acceptors (Lipinski definition) is 3. The number of aromatic nitrogens is 2. The van der Waals surface area contributed by atoms with Gasteiger partial charge in [-0.05, 0) is 18.2 Å². The van der Waals surface area contributed by atoms with Crippen LogP contribution in [-0.4, -0.2) is 27.8 Å². The van der Waals surface area contributed by atoms with E-state index in [1.165, 1.54) is 17.2 Å². The van der Waals surface area contributed by atoms with Gasteiger partial charge in [0.25, 0.3) is 5.91 Å². The number of carbonyl (C=O) groups excluding carboxylic acids is 1. The van der Waals surface area contributed by atoms with E-state index in [1.54, 1.807) is 19.3 Å². The summed E-state index contributed by atoms with van der Waals surface area (Å²) in [7, 11) is 1.68. The molecule has 0 atom stereocenters. The Morgan fingerprint density at radius 3 is 2.89 bits per heavy atom. The maximum Gasteiger partial charge on any atom is 0.254 e. The zero-order valence-corrected chi connectivity index (χ0v) is 9.96. The second-order valence-electron chi connectivity index (χ2n) is 3.92. The Bertz CT molecular complexity index is 592. The van der Waals surface area contributed by atoms with E-state index in [4.69, 9.17) is 0 Å². The van der Waals surface area contributed by atoms with Crippen LogP contribution in [0.5, 0.6) is 0 Å². The van der Waals surface area contributed by atoms with Gasteiger partial charge in [0, 0.05) is 31.1 Å². The van der Waals surface area contributed by atoms with Gasteiger partial charge in [-0.2, -0.15) is 0 Å². The first kappa shape index (κ1) is 12.0. The van der Waals surface area contributed by atoms with Crippen molar-refractivity contribution in [3.05, 3.63) is 64.3 Å². The van der Waals surface area contributed by atoms with Gasteiger partial charge in [0.1, 0.15) is 0 Å². The average molecular weight is 243 g/mol. The molecule has 0 unspecified atom stereocenters. The SMILES string of the molecule is CN(Cc1ccccn1)C(=O)c1cc[nH]c(=O)c1. The van der Waals surface area contributed by atoms with Crippen LogP contribution < -0.4 is 5.56 Å². The average Bonchev–Trinajstić information content (AvgIpc) is 2.39. The van der Waals surface area contributed by atoms with Crippen molar-refractivity contribution in [3.63, 3.8) is 0 Å². The number of amides is 1. The van der Waals surface area contributed by atoms with Crippen LogP contribution >= 0.6 is 0 Å². The van der Waals surface area contributed by atoms with E-state index in [0.717, 1.165) is 5.69 Å². The topological polar surface area (TPSA) is 66.1 Å². The first-order valence-corrected chi connectivity index (χ1v) is 5.51. The van der Waals surface area contributed by atoms with Crippen molar-refractivity contribution in [3.8, 4) is 0 Å². The van der Waals surface area contributed by atoms with Gasteiger partial charge in [-0.15, -0.1) is 0 Å². The molecule has 92 valence electrons. The smallest absolute Gasteiger partial charge is 0.254 e. The third-order valence-corrected chi connectivity index (χ3v) is 2.49. The number of H-pyrrole nitrogens is 1. The molecule has 2 aromatic heterocycles. The van der Waals surface area contributed by atoms with Crippen LogP contribution in [0.2, 0.25) is 0 Å². The lowest BCUT2D eigenvalue weighted by atomic mass is 10.2. The van der Waals surface area contributed by atoms with E-state index < -0.39 is 0 Å². The van der Waals surface area contributed by atoms with Gasteiger partial charge in [0.15, 0.2) is 0 Å². The van der Waals surface area contributed by atoms with E-state index in [9.17, 15) is 9.59 Å². The number of pyridine rings is 2. The zero-order valence-electron chi connectivity index (χ0n) is 9.96. The molecule has 1 amide bonds. The lowest BCUT2D eigenvalue weighted by Crippen LogP contribution is -2.27. The molecule has 5 heteroatoms. The Balaban J connectivity index is 2.12. The van der Waals surface area contributed by atoms with Crippen LogP contribution in [0.3, 0.4) is 0 Å². The Hall–Kier alpha value is -2.43. The van der Waals surface area contributed by atoms with E-state index >= 15 is 0 Å². The van der Waals surface area contributed by atoms with E-state index in [2.05, 4.69) is 9.97 Å². The molecule has 18 heavy (non-hydrogen) atoms. The highest BCUT2D eigenvalue weighted by atomic mass is 16.2. The number of aromatic amines is 1. The third-order valence-electron chi connectivity index (χ3n) is 2.49. The monoisotopic (exact) mass is 243 g/mol. The highest BCUT2D eigenvalue weighted by Crippen LogP contribution is 2.04. The Morgan fingerprint density at radius 2 is 2.22 bits per heavy atom. The molecule has 2 heterocycles. The largest absolute Gasteiger partial charge is 0.336 e. The summed E-state index contributed by atoms with van der Waals surface area (Å²) in [6.07, 6.45) is 3.14. The molecule has 5 nitrogen and oxygen atoms in total. The van der Waals surface area contributed by atoms with Crippen LogP contribution in [0.25, 0.3) is 0 Å². The quantitative estimate of drug-likeness (QED) is 0.876. The number of nitrogens with one attached hydrogen (secondary N) is 1. The maximum atomic E-state index is 12.0. The van der Waals surface area contributed by atoms with Gasteiger partial charge in [-0.3, -0.25) is 14.6 Å². The van der Waals surface area contributed by atoms with Crippen LogP contribution in [0.15, 0.2) is 47.5 Å². The van der Waals surface area contributed by atoms with Crippen molar-refractivity contribution in [2.24, 2.45) is 0 Å². The molecule has 0 aliphatic carbocycles. The predicted octanol–water partition coefficient (Wildman–Crippen LogP) is 1.04. The summed E-state index contributed by atoms with van der Waals surface area (Å²) in [6, 6.07) is 8.41. The fraction of sp³-hybridized carbons (Fsp3) is 0.154. The molecule has 2 rings (SSSR count). The van der Waals surface area contributed by atoms with Crippen molar-refractivity contribution < 1.29 is 4.79 Å². The van der Waals surface area contributed by atoms with Gasteiger partial charge in [-0.25, -0.2) is 0 Å². The summed E-state index contributed by atoms with van der Waals surface area (Å²) < 4.78 is 0. The van der Waals surface area contributed by atoms with Crippen molar-refractivity contribution in [2.45, 2.75) is 6.54 Å². The molecule has 0 spiro atoms. The van der Waals surface area contributed by atoms with Crippen molar-refractivity contribution in [1.82, 2.24) is 14.9 Å². The van der Waals surface area contributed by atoms with Gasteiger partial charge in [0.2, 0.25) is 5.56 Å². The number of hydrogen-bond donors (Lipinski definition) is 1. The molecule has 1 N–H and O–H groups in total. The second-order valence-corrected chi connectivity index (χ2v) is 3.92. The number of carbonyl (C=O) groups is 1. The van der Waals surface area contributed by atoms with Gasteiger partial charge >= 0.3 is 0 Å². The van der Waals surface area contributed by atoms with Gasteiger partial charge in [0.05, 0.1) is 12.2 Å². The standard InChI is InChI=1S/C13H13N3O2/c1-16(9-11-4-2-3-6-14-11)13(18)10-5-7-15-12(17)8-10/h2-8H,9H2,1H3,(H,15,17). The molecule has 0 aliphatic rings. The maximum absolute atomic E-state index is 12.0. The van der Waals surface area contributed by atoms with E-state index in [0.29, 0.717) is 12.1 Å². The van der Waals surface area contributed by atoms with Crippen molar-refractivity contribution >= 4 is 5.91 Å². The normalized spacial score (nSPS) is 10.1. The number of nitrogens with zero attached hydrogens (tertiary/aromatic N) is 2. The summed E-state index contributed by atoms with van der Waals surface area (Å²) in [4.78, 5) is 31.3. The molecule has 0 aromatic carbocycles. The Kier molecular flexibility index (Phi) is 3.52. The van der Waals surface area contributed by atoms with Crippen LogP contribution in [0.4, 0.5) is 0 Å². The summed E-state index contributed by atoms with van der Waals surface area (Å²) in [5.41, 5.74) is 0.891. The predicted molar refractivity (Wildman–Crippen MR) is 67.1 cm³/mol. The first-order valence-electron chi connectivity index (χ1n) is 5.51. The minimum absolute atomic E-state index is 0.202. The van der Waals surface area contributed by atoms with E-state index in [-0.39, 0.29) is 11.5 Å². The molecular formula is C13H13N3O2. The minimum Gasteiger partial charge on any atom is -0.336 e. The number of rotatable bonds is 3.